The monoisotopic (exact) mass is 524 g/mol. The van der Waals surface area contributed by atoms with Crippen LogP contribution in [0.3, 0.4) is 0 Å². The van der Waals surface area contributed by atoms with Crippen molar-refractivity contribution in [2.75, 3.05) is 18.4 Å². The number of pyridine rings is 1. The molecule has 11 heteroatoms. The highest BCUT2D eigenvalue weighted by molar-refractivity contribution is 5.99. The number of nitrogens with one attached hydrogen (secondary N) is 3. The van der Waals surface area contributed by atoms with E-state index < -0.39 is 47.3 Å². The number of hydrogen-bond acceptors (Lipinski definition) is 4. The third-order valence-electron chi connectivity index (χ3n) is 8.11. The number of rotatable bonds is 8. The number of nitrogens with zero attached hydrogens (tertiary/aromatic N) is 1. The fourth-order valence-corrected chi connectivity index (χ4v) is 5.80. The highest BCUT2D eigenvalue weighted by Crippen LogP contribution is 2.48. The van der Waals surface area contributed by atoms with Crippen LogP contribution in [0, 0.1) is 17.7 Å². The van der Waals surface area contributed by atoms with Gasteiger partial charge in [0, 0.05) is 23.9 Å². The van der Waals surface area contributed by atoms with Gasteiger partial charge in [0.2, 0.25) is 0 Å². The molecule has 0 radical (unpaired) electrons. The van der Waals surface area contributed by atoms with Crippen molar-refractivity contribution >= 4 is 11.6 Å². The maximum Gasteiger partial charge on any atom is 0.266 e. The van der Waals surface area contributed by atoms with Crippen LogP contribution in [0.2, 0.25) is 0 Å². The summed E-state index contributed by atoms with van der Waals surface area (Å²) in [7, 11) is 0. The van der Waals surface area contributed by atoms with Crippen LogP contribution in [0.5, 0.6) is 0 Å². The number of fused-ring (bicyclic) bond motifs is 2. The highest BCUT2D eigenvalue weighted by atomic mass is 19.3. The van der Waals surface area contributed by atoms with Crippen molar-refractivity contribution in [3.63, 3.8) is 0 Å². The SMILES string of the molecule is C[C@@H](NC(=O)c1cn(C2(C(F)F)CC2)c(=O)cc1N[C@H]1[C@@H]2CC[C@H]1CNC2)c1cccc(C(F)F)c1F. The van der Waals surface area contributed by atoms with Crippen LogP contribution in [-0.4, -0.2) is 36.0 Å². The molecule has 3 aliphatic rings. The van der Waals surface area contributed by atoms with Crippen molar-refractivity contribution in [3.05, 3.63) is 63.3 Å². The number of benzene rings is 1. The molecule has 1 aliphatic heterocycles. The van der Waals surface area contributed by atoms with E-state index in [1.807, 2.05) is 0 Å². The molecule has 2 heterocycles. The molecule has 3 fully saturated rings. The highest BCUT2D eigenvalue weighted by Gasteiger charge is 2.53. The van der Waals surface area contributed by atoms with Crippen LogP contribution >= 0.6 is 0 Å². The van der Waals surface area contributed by atoms with Gasteiger partial charge >= 0.3 is 0 Å². The predicted molar refractivity (Wildman–Crippen MR) is 128 cm³/mol. The Morgan fingerprint density at radius 2 is 1.76 bits per heavy atom. The summed E-state index contributed by atoms with van der Waals surface area (Å²) in [6, 6.07) is 3.74. The van der Waals surface area contributed by atoms with Gasteiger partial charge in [-0.15, -0.1) is 0 Å². The van der Waals surface area contributed by atoms with Gasteiger partial charge < -0.3 is 20.5 Å². The van der Waals surface area contributed by atoms with Crippen molar-refractivity contribution < 1.29 is 26.7 Å². The van der Waals surface area contributed by atoms with Crippen molar-refractivity contribution in [1.29, 1.82) is 0 Å². The Hall–Kier alpha value is -2.95. The second-order valence-electron chi connectivity index (χ2n) is 10.4. The summed E-state index contributed by atoms with van der Waals surface area (Å²) in [6.45, 7) is 3.03. The Morgan fingerprint density at radius 3 is 2.35 bits per heavy atom. The normalized spacial score (nSPS) is 24.8. The summed E-state index contributed by atoms with van der Waals surface area (Å²) in [4.78, 5) is 26.4. The molecule has 2 aromatic rings. The van der Waals surface area contributed by atoms with Gasteiger partial charge in [0.1, 0.15) is 11.4 Å². The maximum atomic E-state index is 14.7. The first-order chi connectivity index (χ1) is 17.6. The van der Waals surface area contributed by atoms with Gasteiger partial charge in [0.15, 0.2) is 0 Å². The zero-order valence-corrected chi connectivity index (χ0v) is 20.2. The first kappa shape index (κ1) is 25.7. The number of anilines is 1. The van der Waals surface area contributed by atoms with Crippen molar-refractivity contribution in [1.82, 2.24) is 15.2 Å². The van der Waals surface area contributed by atoms with Crippen LogP contribution in [-0.2, 0) is 5.54 Å². The van der Waals surface area contributed by atoms with Crippen LogP contribution in [0.25, 0.3) is 0 Å². The second kappa shape index (κ2) is 9.74. The fourth-order valence-electron chi connectivity index (χ4n) is 5.80. The van der Waals surface area contributed by atoms with Gasteiger partial charge in [-0.05, 0) is 57.5 Å². The van der Waals surface area contributed by atoms with E-state index in [1.54, 1.807) is 0 Å². The number of alkyl halides is 4. The Labute approximate surface area is 210 Å². The van der Waals surface area contributed by atoms with E-state index in [1.165, 1.54) is 25.1 Å². The molecule has 0 spiro atoms. The van der Waals surface area contributed by atoms with Crippen LogP contribution in [0.1, 0.15) is 66.6 Å². The van der Waals surface area contributed by atoms with Gasteiger partial charge in [-0.3, -0.25) is 9.59 Å². The van der Waals surface area contributed by atoms with E-state index >= 15 is 0 Å². The summed E-state index contributed by atoms with van der Waals surface area (Å²) < 4.78 is 69.7. The van der Waals surface area contributed by atoms with E-state index in [4.69, 9.17) is 0 Å². The lowest BCUT2D eigenvalue weighted by Crippen LogP contribution is -2.46. The lowest BCUT2D eigenvalue weighted by atomic mass is 9.93. The third kappa shape index (κ3) is 4.62. The molecule has 5 rings (SSSR count). The molecular weight excluding hydrogens is 495 g/mol. The number of aromatic nitrogens is 1. The Kier molecular flexibility index (Phi) is 6.76. The minimum absolute atomic E-state index is 0.00521. The van der Waals surface area contributed by atoms with E-state index in [9.17, 15) is 31.5 Å². The molecule has 3 N–H and O–H groups in total. The summed E-state index contributed by atoms with van der Waals surface area (Å²) in [5, 5.41) is 9.30. The Morgan fingerprint density at radius 1 is 1.11 bits per heavy atom. The number of halogens is 5. The van der Waals surface area contributed by atoms with Gasteiger partial charge in [-0.1, -0.05) is 18.2 Å². The average molecular weight is 525 g/mol. The average Bonchev–Trinajstić information content (AvgIpc) is 3.62. The Balaban J connectivity index is 1.49. The van der Waals surface area contributed by atoms with Gasteiger partial charge in [-0.25, -0.2) is 22.0 Å². The molecule has 2 bridgehead atoms. The molecule has 1 saturated heterocycles. The molecule has 6 nitrogen and oxygen atoms in total. The molecule has 200 valence electrons. The smallest absolute Gasteiger partial charge is 0.266 e. The fraction of sp³-hybridized carbons (Fsp3) is 0.538. The number of hydrogen-bond donors (Lipinski definition) is 3. The predicted octanol–water partition coefficient (Wildman–Crippen LogP) is 4.58. The molecule has 1 aromatic carbocycles. The summed E-state index contributed by atoms with van der Waals surface area (Å²) in [5.41, 5.74) is -2.99. The summed E-state index contributed by atoms with van der Waals surface area (Å²) in [6.07, 6.45) is -2.46. The first-order valence-electron chi connectivity index (χ1n) is 12.5. The number of amides is 1. The molecule has 1 amide bonds. The maximum absolute atomic E-state index is 14.7. The molecule has 37 heavy (non-hydrogen) atoms. The lowest BCUT2D eigenvalue weighted by molar-refractivity contribution is 0.0648. The zero-order chi connectivity index (χ0) is 26.5. The molecule has 2 saturated carbocycles. The summed E-state index contributed by atoms with van der Waals surface area (Å²) >= 11 is 0. The van der Waals surface area contributed by atoms with Crippen molar-refractivity contribution in [2.24, 2.45) is 11.8 Å². The minimum Gasteiger partial charge on any atom is -0.381 e. The zero-order valence-electron chi connectivity index (χ0n) is 20.2. The quantitative estimate of drug-likeness (QED) is 0.442. The largest absolute Gasteiger partial charge is 0.381 e. The molecule has 4 atom stereocenters. The van der Waals surface area contributed by atoms with Crippen LogP contribution < -0.4 is 21.5 Å². The molecule has 2 aliphatic carbocycles. The lowest BCUT2D eigenvalue weighted by Gasteiger charge is -2.33. The van der Waals surface area contributed by atoms with E-state index in [0.717, 1.165) is 42.8 Å². The van der Waals surface area contributed by atoms with E-state index in [2.05, 4.69) is 16.0 Å². The van der Waals surface area contributed by atoms with Gasteiger partial charge in [0.05, 0.1) is 22.9 Å². The van der Waals surface area contributed by atoms with E-state index in [-0.39, 0.29) is 47.5 Å². The number of carbonyl (C=O) groups excluding carboxylic acids is 1. The van der Waals surface area contributed by atoms with E-state index in [0.29, 0.717) is 0 Å². The second-order valence-corrected chi connectivity index (χ2v) is 10.4. The molecule has 1 aromatic heterocycles. The number of carbonyl (C=O) groups is 1. The van der Waals surface area contributed by atoms with Gasteiger partial charge in [-0.2, -0.15) is 0 Å². The summed E-state index contributed by atoms with van der Waals surface area (Å²) in [5.74, 6) is -1.26. The van der Waals surface area contributed by atoms with Crippen molar-refractivity contribution in [2.45, 2.75) is 63.1 Å². The Bertz CT molecular complexity index is 1230. The first-order valence-corrected chi connectivity index (χ1v) is 12.5. The number of piperidine rings is 1. The van der Waals surface area contributed by atoms with Gasteiger partial charge in [0.25, 0.3) is 24.3 Å². The molecular formula is C26H29F5N4O2. The van der Waals surface area contributed by atoms with Crippen LogP contribution in [0.15, 0.2) is 35.3 Å². The molecule has 0 unspecified atom stereocenters. The standard InChI is InChI=1S/C26H29F5N4O2/c1-13(16-3-2-4-17(21(16)27)23(28)29)33-24(37)18-12-35(26(7-8-26)25(30)31)20(36)9-19(18)34-22-14-5-6-15(22)11-32-10-14/h2-4,9,12-15,22-23,25,32,34H,5-8,10-11H2,1H3,(H,33,37)/t13-,14-,15+,22+/m1/s1. The van der Waals surface area contributed by atoms with Crippen molar-refractivity contribution in [3.8, 4) is 0 Å². The topological polar surface area (TPSA) is 75.2 Å². The van der Waals surface area contributed by atoms with Crippen LogP contribution in [0.4, 0.5) is 27.6 Å². The minimum atomic E-state index is -3.02. The third-order valence-corrected chi connectivity index (χ3v) is 8.11.